The molecule has 0 unspecified atom stereocenters. The first-order valence-electron chi connectivity index (χ1n) is 7.76. The monoisotopic (exact) mass is 328 g/mol. The molecule has 0 fully saturated rings. The molecule has 7 heteroatoms. The van der Waals surface area contributed by atoms with Crippen LogP contribution in [-0.4, -0.2) is 57.1 Å². The number of phenols is 1. The topological polar surface area (TPSA) is 78.7 Å². The van der Waals surface area contributed by atoms with Gasteiger partial charge in [-0.15, -0.1) is 0 Å². The van der Waals surface area contributed by atoms with E-state index in [9.17, 15) is 14.7 Å². The molecular formula is C17H20N4O3. The Hall–Kier alpha value is -2.83. The number of aromatic hydroxyl groups is 1. The summed E-state index contributed by atoms with van der Waals surface area (Å²) < 4.78 is 1.83. The minimum Gasteiger partial charge on any atom is -0.508 e. The Morgan fingerprint density at radius 2 is 2.12 bits per heavy atom. The molecule has 0 radical (unpaired) electrons. The minimum atomic E-state index is -0.195. The summed E-state index contributed by atoms with van der Waals surface area (Å²) in [4.78, 5) is 28.1. The van der Waals surface area contributed by atoms with E-state index in [-0.39, 0.29) is 30.0 Å². The number of fused-ring (bicyclic) bond motifs is 1. The largest absolute Gasteiger partial charge is 0.508 e. The number of carbonyl (C=O) groups excluding carboxylic acids is 2. The van der Waals surface area contributed by atoms with Crippen molar-refractivity contribution in [3.63, 3.8) is 0 Å². The van der Waals surface area contributed by atoms with E-state index in [1.54, 1.807) is 42.2 Å². The molecule has 0 aliphatic carbocycles. The highest BCUT2D eigenvalue weighted by Crippen LogP contribution is 2.25. The van der Waals surface area contributed by atoms with Crippen LogP contribution in [0, 0.1) is 0 Å². The fourth-order valence-corrected chi connectivity index (χ4v) is 2.90. The van der Waals surface area contributed by atoms with Crippen molar-refractivity contribution in [3.8, 4) is 5.75 Å². The van der Waals surface area contributed by atoms with Crippen molar-refractivity contribution >= 4 is 11.8 Å². The van der Waals surface area contributed by atoms with Crippen LogP contribution in [0.4, 0.5) is 0 Å². The molecule has 1 aromatic carbocycles. The second-order valence-corrected chi connectivity index (χ2v) is 6.15. The fraction of sp³-hybridized carbons (Fsp3) is 0.353. The number of amides is 2. The maximum absolute atomic E-state index is 12.7. The van der Waals surface area contributed by atoms with Crippen molar-refractivity contribution in [2.24, 2.45) is 0 Å². The van der Waals surface area contributed by atoms with E-state index < -0.39 is 0 Å². The van der Waals surface area contributed by atoms with Crippen LogP contribution in [0.25, 0.3) is 0 Å². The number of carbonyl (C=O) groups is 2. The van der Waals surface area contributed by atoms with Gasteiger partial charge in [0.05, 0.1) is 24.7 Å². The van der Waals surface area contributed by atoms with E-state index in [0.29, 0.717) is 18.7 Å². The Bertz CT molecular complexity index is 769. The highest BCUT2D eigenvalue weighted by Gasteiger charge is 2.30. The summed E-state index contributed by atoms with van der Waals surface area (Å²) in [7, 11) is 3.43. The van der Waals surface area contributed by atoms with E-state index in [2.05, 4.69) is 5.10 Å². The third-order valence-electron chi connectivity index (χ3n) is 4.17. The van der Waals surface area contributed by atoms with Gasteiger partial charge in [0.15, 0.2) is 0 Å². The van der Waals surface area contributed by atoms with E-state index in [1.807, 2.05) is 10.7 Å². The number of aromatic nitrogens is 2. The molecule has 24 heavy (non-hydrogen) atoms. The molecule has 3 rings (SSSR count). The van der Waals surface area contributed by atoms with Gasteiger partial charge in [-0.1, -0.05) is 6.07 Å². The second-order valence-electron chi connectivity index (χ2n) is 6.15. The minimum absolute atomic E-state index is 0.00638. The predicted octanol–water partition coefficient (Wildman–Crippen LogP) is 1.26. The number of rotatable bonds is 3. The Balaban J connectivity index is 1.84. The predicted molar refractivity (Wildman–Crippen MR) is 87.4 cm³/mol. The van der Waals surface area contributed by atoms with Crippen molar-refractivity contribution in [2.45, 2.75) is 19.0 Å². The van der Waals surface area contributed by atoms with Crippen LogP contribution in [0.3, 0.4) is 0 Å². The van der Waals surface area contributed by atoms with Crippen molar-refractivity contribution in [1.82, 2.24) is 19.6 Å². The Labute approximate surface area is 140 Å². The lowest BCUT2D eigenvalue weighted by atomic mass is 10.1. The molecule has 1 aliphatic rings. The molecule has 2 aromatic rings. The van der Waals surface area contributed by atoms with Gasteiger partial charge in [-0.25, -0.2) is 0 Å². The van der Waals surface area contributed by atoms with Gasteiger partial charge in [-0.3, -0.25) is 14.3 Å². The van der Waals surface area contributed by atoms with Gasteiger partial charge in [0.2, 0.25) is 5.91 Å². The number of hydrogen-bond acceptors (Lipinski definition) is 4. The number of phenolic OH excluding ortho intramolecular Hbond substituents is 1. The van der Waals surface area contributed by atoms with Crippen molar-refractivity contribution < 1.29 is 14.7 Å². The molecule has 126 valence electrons. The Kier molecular flexibility index (Phi) is 4.24. The molecule has 0 spiro atoms. The van der Waals surface area contributed by atoms with E-state index in [4.69, 9.17) is 0 Å². The van der Waals surface area contributed by atoms with Crippen molar-refractivity contribution in [3.05, 3.63) is 47.8 Å². The summed E-state index contributed by atoms with van der Waals surface area (Å²) in [5.74, 6) is -0.115. The molecule has 1 aromatic heterocycles. The average molecular weight is 328 g/mol. The lowest BCUT2D eigenvalue weighted by Gasteiger charge is -2.34. The molecule has 1 atom stereocenters. The van der Waals surface area contributed by atoms with Gasteiger partial charge in [0.1, 0.15) is 5.75 Å². The lowest BCUT2D eigenvalue weighted by Crippen LogP contribution is -2.42. The standard InChI is InChI=1S/C17H20N4O3/c1-19(2)16(23)9-14-11-20(10-13-6-7-18-21(13)14)17(24)12-4-3-5-15(22)8-12/h3-8,14,22H,9-11H2,1-2H3/t14-/m1/s1. The highest BCUT2D eigenvalue weighted by molar-refractivity contribution is 5.94. The summed E-state index contributed by atoms with van der Waals surface area (Å²) in [6.45, 7) is 0.837. The molecular weight excluding hydrogens is 308 g/mol. The van der Waals surface area contributed by atoms with Gasteiger partial charge >= 0.3 is 0 Å². The molecule has 1 aliphatic heterocycles. The zero-order valence-electron chi connectivity index (χ0n) is 13.7. The van der Waals surface area contributed by atoms with E-state index in [0.717, 1.165) is 5.69 Å². The van der Waals surface area contributed by atoms with Gasteiger partial charge in [0.25, 0.3) is 5.91 Å². The molecule has 2 heterocycles. The third kappa shape index (κ3) is 3.10. The van der Waals surface area contributed by atoms with Gasteiger partial charge in [0, 0.05) is 32.4 Å². The van der Waals surface area contributed by atoms with Crippen LogP contribution < -0.4 is 0 Å². The van der Waals surface area contributed by atoms with Crippen LogP contribution in [0.2, 0.25) is 0 Å². The summed E-state index contributed by atoms with van der Waals surface area (Å²) in [6, 6.07) is 7.96. The quantitative estimate of drug-likeness (QED) is 0.920. The van der Waals surface area contributed by atoms with Gasteiger partial charge in [-0.05, 0) is 24.3 Å². The molecule has 0 saturated heterocycles. The molecule has 7 nitrogen and oxygen atoms in total. The van der Waals surface area contributed by atoms with E-state index in [1.165, 1.54) is 12.1 Å². The number of hydrogen-bond donors (Lipinski definition) is 1. The Morgan fingerprint density at radius 3 is 2.83 bits per heavy atom. The van der Waals surface area contributed by atoms with Gasteiger partial charge in [-0.2, -0.15) is 5.10 Å². The van der Waals surface area contributed by atoms with Crippen LogP contribution in [0.15, 0.2) is 36.5 Å². The first kappa shape index (κ1) is 16.0. The van der Waals surface area contributed by atoms with Crippen LogP contribution in [0.5, 0.6) is 5.75 Å². The van der Waals surface area contributed by atoms with Crippen molar-refractivity contribution in [1.29, 1.82) is 0 Å². The fourth-order valence-electron chi connectivity index (χ4n) is 2.90. The molecule has 1 N–H and O–H groups in total. The molecule has 0 saturated carbocycles. The molecule has 2 amide bonds. The summed E-state index contributed by atoms with van der Waals surface area (Å²) in [5.41, 5.74) is 1.33. The summed E-state index contributed by atoms with van der Waals surface area (Å²) in [6.07, 6.45) is 1.97. The lowest BCUT2D eigenvalue weighted by molar-refractivity contribution is -0.129. The van der Waals surface area contributed by atoms with Crippen LogP contribution in [-0.2, 0) is 11.3 Å². The zero-order valence-corrected chi connectivity index (χ0v) is 13.7. The normalized spacial score (nSPS) is 16.6. The van der Waals surface area contributed by atoms with Crippen LogP contribution in [0.1, 0.15) is 28.5 Å². The first-order chi connectivity index (χ1) is 11.5. The number of nitrogens with zero attached hydrogens (tertiary/aromatic N) is 4. The smallest absolute Gasteiger partial charge is 0.254 e. The maximum Gasteiger partial charge on any atom is 0.254 e. The SMILES string of the molecule is CN(C)C(=O)C[C@@H]1CN(C(=O)c2cccc(O)c2)Cc2ccnn21. The van der Waals surface area contributed by atoms with E-state index >= 15 is 0 Å². The first-order valence-corrected chi connectivity index (χ1v) is 7.76. The number of benzene rings is 1. The average Bonchev–Trinajstić information content (AvgIpc) is 3.02. The zero-order chi connectivity index (χ0) is 17.3. The molecule has 0 bridgehead atoms. The van der Waals surface area contributed by atoms with Crippen molar-refractivity contribution in [2.75, 3.05) is 20.6 Å². The van der Waals surface area contributed by atoms with Crippen LogP contribution >= 0.6 is 0 Å². The summed E-state index contributed by atoms with van der Waals surface area (Å²) >= 11 is 0. The third-order valence-corrected chi connectivity index (χ3v) is 4.17. The maximum atomic E-state index is 12.7. The second kappa shape index (κ2) is 6.35. The Morgan fingerprint density at radius 1 is 1.33 bits per heavy atom. The highest BCUT2D eigenvalue weighted by atomic mass is 16.3. The summed E-state index contributed by atoms with van der Waals surface area (Å²) in [5, 5.41) is 13.9. The van der Waals surface area contributed by atoms with Gasteiger partial charge < -0.3 is 14.9 Å².